The first kappa shape index (κ1) is 26.9. The summed E-state index contributed by atoms with van der Waals surface area (Å²) in [6.07, 6.45) is 12.2. The second-order valence-electron chi connectivity index (χ2n) is 14.7. The molecular weight excluding hydrogens is 454 g/mol. The first-order valence-electron chi connectivity index (χ1n) is 14.1. The Morgan fingerprint density at radius 2 is 1.50 bits per heavy atom. The Labute approximate surface area is 212 Å². The zero-order valence-corrected chi connectivity index (χ0v) is 25.9. The third-order valence-electron chi connectivity index (χ3n) is 10.6. The maximum atomic E-state index is 7.16. The molecule has 34 heavy (non-hydrogen) atoms. The van der Waals surface area contributed by atoms with Crippen molar-refractivity contribution in [1.82, 2.24) is 0 Å². The second kappa shape index (κ2) is 8.99. The van der Waals surface area contributed by atoms with E-state index in [1.54, 1.807) is 7.11 Å². The van der Waals surface area contributed by atoms with Crippen molar-refractivity contribution in [2.45, 2.75) is 130 Å². The molecule has 0 aromatic heterocycles. The molecule has 4 aliphatic rings. The first-order valence-corrected chi connectivity index (χ1v) is 20.9. The summed E-state index contributed by atoms with van der Waals surface area (Å²) in [5.74, 6) is 3.27. The molecule has 0 aromatic carbocycles. The average molecular weight is 508 g/mol. The van der Waals surface area contributed by atoms with E-state index in [0.29, 0.717) is 11.5 Å². The van der Waals surface area contributed by atoms with Crippen LogP contribution in [-0.2, 0) is 13.7 Å². The van der Waals surface area contributed by atoms with Gasteiger partial charge in [0.05, 0.1) is 5.71 Å². The number of rotatable bonds is 6. The van der Waals surface area contributed by atoms with Gasteiger partial charge in [-0.2, -0.15) is 0 Å². The summed E-state index contributed by atoms with van der Waals surface area (Å²) in [6, 6.07) is 0. The van der Waals surface area contributed by atoms with Crippen LogP contribution in [0, 0.1) is 34.5 Å². The molecule has 0 bridgehead atoms. The lowest BCUT2D eigenvalue weighted by Crippen LogP contribution is -2.61. The molecule has 4 saturated carbocycles. The normalized spacial score (nSPS) is 45.4. The van der Waals surface area contributed by atoms with Crippen LogP contribution in [0.3, 0.4) is 0 Å². The Morgan fingerprint density at radius 1 is 0.824 bits per heavy atom. The van der Waals surface area contributed by atoms with Crippen molar-refractivity contribution in [3.63, 3.8) is 0 Å². The molecule has 4 aliphatic carbocycles. The van der Waals surface area contributed by atoms with Gasteiger partial charge in [0.2, 0.25) is 0 Å². The molecule has 6 heteroatoms. The van der Waals surface area contributed by atoms with Gasteiger partial charge in [-0.15, -0.1) is 0 Å². The Bertz CT molecular complexity index is 790. The van der Waals surface area contributed by atoms with Gasteiger partial charge in [-0.3, -0.25) is 0 Å². The monoisotopic (exact) mass is 507 g/mol. The smallest absolute Gasteiger partial charge is 0.185 e. The number of oxime groups is 1. The minimum absolute atomic E-state index is 0.155. The fourth-order valence-electron chi connectivity index (χ4n) is 9.39. The Balaban J connectivity index is 1.60. The molecule has 2 unspecified atom stereocenters. The van der Waals surface area contributed by atoms with E-state index >= 15 is 0 Å². The van der Waals surface area contributed by atoms with E-state index in [4.69, 9.17) is 13.7 Å². The minimum Gasteiger partial charge on any atom is -0.415 e. The molecule has 4 fully saturated rings. The maximum absolute atomic E-state index is 7.16. The highest BCUT2D eigenvalue weighted by atomic mass is 28.4. The number of fused-ring (bicyclic) bond motifs is 5. The van der Waals surface area contributed by atoms with Gasteiger partial charge in [0.15, 0.2) is 16.6 Å². The van der Waals surface area contributed by atoms with Crippen LogP contribution >= 0.6 is 0 Å². The first-order chi connectivity index (χ1) is 15.7. The average Bonchev–Trinajstić information content (AvgIpc) is 2.99. The van der Waals surface area contributed by atoms with E-state index in [2.05, 4.69) is 65.2 Å². The Morgan fingerprint density at radius 3 is 2.12 bits per heavy atom. The quantitative estimate of drug-likeness (QED) is 0.209. The van der Waals surface area contributed by atoms with Crippen molar-refractivity contribution in [2.75, 3.05) is 7.11 Å². The van der Waals surface area contributed by atoms with Crippen LogP contribution in [0.15, 0.2) is 5.16 Å². The van der Waals surface area contributed by atoms with Gasteiger partial charge in [0, 0.05) is 11.5 Å². The van der Waals surface area contributed by atoms with Crippen LogP contribution in [0.5, 0.6) is 0 Å². The van der Waals surface area contributed by atoms with E-state index in [1.165, 1.54) is 51.4 Å². The van der Waals surface area contributed by atoms with E-state index in [0.717, 1.165) is 35.8 Å². The van der Waals surface area contributed by atoms with Crippen molar-refractivity contribution in [3.05, 3.63) is 0 Å². The zero-order valence-electron chi connectivity index (χ0n) is 23.9. The lowest BCUT2D eigenvalue weighted by atomic mass is 9.44. The van der Waals surface area contributed by atoms with E-state index in [1.807, 2.05) is 0 Å². The fourth-order valence-corrected chi connectivity index (χ4v) is 12.1. The van der Waals surface area contributed by atoms with E-state index in [9.17, 15) is 0 Å². The predicted octanol–water partition coefficient (Wildman–Crippen LogP) is 7.86. The lowest BCUT2D eigenvalue weighted by Gasteiger charge is -2.62. The van der Waals surface area contributed by atoms with Crippen LogP contribution in [0.1, 0.15) is 78.6 Å². The third kappa shape index (κ3) is 4.52. The van der Waals surface area contributed by atoms with Crippen molar-refractivity contribution >= 4 is 22.3 Å². The van der Waals surface area contributed by atoms with Gasteiger partial charge < -0.3 is 13.7 Å². The van der Waals surface area contributed by atoms with Crippen LogP contribution in [0.25, 0.3) is 0 Å². The SMILES string of the molecule is CO/N=C(\C)[C@@]1(O[Si](C)(C)C)CC[C@H]2[C@@H]3CCC4CC(O[Si](C)(C)C)CC[C@]4(C)[C@H]3CC[C@@]21C. The number of hydrogen-bond donors (Lipinski definition) is 0. The standard InChI is InChI=1S/C28H53NO3Si2/c1-20(29-30-4)28(32-34(8,9)10)18-15-25-23-12-11-21-19-22(31-33(5,6)7)13-16-26(21,2)24(23)14-17-27(25,28)3/h21-25H,11-19H2,1-10H3/b29-20+/t21?,22?,23-,24+,25+,26+,27+,28+/m1/s1. The highest BCUT2D eigenvalue weighted by Crippen LogP contribution is 2.69. The molecular formula is C28H53NO3Si2. The Kier molecular flexibility index (Phi) is 7.10. The van der Waals surface area contributed by atoms with Gasteiger partial charge in [0.1, 0.15) is 12.7 Å². The summed E-state index contributed by atoms with van der Waals surface area (Å²) in [5.41, 5.74) is 1.46. The second-order valence-corrected chi connectivity index (χ2v) is 23.6. The van der Waals surface area contributed by atoms with Crippen molar-refractivity contribution in [1.29, 1.82) is 0 Å². The highest BCUT2D eigenvalue weighted by Gasteiger charge is 2.67. The number of hydrogen-bond acceptors (Lipinski definition) is 4. The molecule has 0 heterocycles. The molecule has 196 valence electrons. The lowest BCUT2D eigenvalue weighted by molar-refractivity contribution is -0.139. The van der Waals surface area contributed by atoms with Gasteiger partial charge in [-0.05, 0) is 133 Å². The highest BCUT2D eigenvalue weighted by molar-refractivity contribution is 6.70. The molecule has 0 aromatic rings. The topological polar surface area (TPSA) is 40.0 Å². The summed E-state index contributed by atoms with van der Waals surface area (Å²) in [6.45, 7) is 21.5. The number of nitrogens with zero attached hydrogens (tertiary/aromatic N) is 1. The molecule has 4 nitrogen and oxygen atoms in total. The molecule has 0 saturated heterocycles. The van der Waals surface area contributed by atoms with Gasteiger partial charge >= 0.3 is 0 Å². The zero-order chi connectivity index (χ0) is 25.2. The summed E-state index contributed by atoms with van der Waals surface area (Å²) < 4.78 is 13.8. The Hall–Kier alpha value is -0.176. The fraction of sp³-hybridized carbons (Fsp3) is 0.964. The van der Waals surface area contributed by atoms with Crippen LogP contribution in [0.2, 0.25) is 39.3 Å². The summed E-state index contributed by atoms with van der Waals surface area (Å²) in [7, 11) is -1.56. The minimum atomic E-state index is -1.77. The molecule has 8 atom stereocenters. The van der Waals surface area contributed by atoms with Crippen LogP contribution in [-0.4, -0.2) is 41.2 Å². The van der Waals surface area contributed by atoms with Crippen molar-refractivity contribution in [3.8, 4) is 0 Å². The largest absolute Gasteiger partial charge is 0.415 e. The summed E-state index contributed by atoms with van der Waals surface area (Å²) >= 11 is 0. The molecule has 0 spiro atoms. The van der Waals surface area contributed by atoms with Gasteiger partial charge in [0.25, 0.3) is 0 Å². The van der Waals surface area contributed by atoms with Gasteiger partial charge in [-0.25, -0.2) is 0 Å². The predicted molar refractivity (Wildman–Crippen MR) is 147 cm³/mol. The molecule has 4 rings (SSSR count). The van der Waals surface area contributed by atoms with Gasteiger partial charge in [-0.1, -0.05) is 19.0 Å². The molecule has 0 aliphatic heterocycles. The van der Waals surface area contributed by atoms with E-state index in [-0.39, 0.29) is 11.0 Å². The van der Waals surface area contributed by atoms with Crippen molar-refractivity contribution < 1.29 is 13.7 Å². The summed E-state index contributed by atoms with van der Waals surface area (Å²) in [5, 5.41) is 4.52. The van der Waals surface area contributed by atoms with Crippen LogP contribution in [0.4, 0.5) is 0 Å². The van der Waals surface area contributed by atoms with Crippen molar-refractivity contribution in [2.24, 2.45) is 39.7 Å². The van der Waals surface area contributed by atoms with Crippen LogP contribution < -0.4 is 0 Å². The summed E-state index contributed by atoms with van der Waals surface area (Å²) in [4.78, 5) is 5.33. The molecule has 0 N–H and O–H groups in total. The maximum Gasteiger partial charge on any atom is 0.185 e. The molecule has 0 amide bonds. The van der Waals surface area contributed by atoms with E-state index < -0.39 is 16.6 Å². The third-order valence-corrected chi connectivity index (χ3v) is 12.6. The molecule has 0 radical (unpaired) electrons.